The molecule has 188 valence electrons. The summed E-state index contributed by atoms with van der Waals surface area (Å²) in [5, 5.41) is 11.0. The van der Waals surface area contributed by atoms with E-state index < -0.39 is 17.7 Å². The predicted octanol–water partition coefficient (Wildman–Crippen LogP) is 5.08. The molecule has 1 heterocycles. The number of nitrogens with one attached hydrogen (secondary N) is 1. The molecular formula is C25H37N3O6. The summed E-state index contributed by atoms with van der Waals surface area (Å²) in [7, 11) is 0. The zero-order valence-corrected chi connectivity index (χ0v) is 21.2. The Labute approximate surface area is 201 Å². The van der Waals surface area contributed by atoms with Gasteiger partial charge in [0.25, 0.3) is 0 Å². The number of benzene rings is 1. The molecule has 2 atom stereocenters. The monoisotopic (exact) mass is 475 g/mol. The summed E-state index contributed by atoms with van der Waals surface area (Å²) in [5.74, 6) is 0.0550. The van der Waals surface area contributed by atoms with Gasteiger partial charge in [-0.25, -0.2) is 4.79 Å². The minimum atomic E-state index is -0.715. The van der Waals surface area contributed by atoms with Crippen LogP contribution in [0.1, 0.15) is 90.6 Å². The van der Waals surface area contributed by atoms with E-state index in [-0.39, 0.29) is 42.8 Å². The third-order valence-corrected chi connectivity index (χ3v) is 4.50. The fourth-order valence-electron chi connectivity index (χ4n) is 2.85. The smallest absolute Gasteiger partial charge is 0.408 e. The Bertz CT molecular complexity index is 915. The molecule has 0 unspecified atom stereocenters. The molecule has 0 aliphatic carbocycles. The first-order valence-corrected chi connectivity index (χ1v) is 11.5. The van der Waals surface area contributed by atoms with Crippen LogP contribution in [0, 0.1) is 0 Å². The van der Waals surface area contributed by atoms with Crippen LogP contribution in [0.5, 0.6) is 0 Å². The number of amides is 1. The van der Waals surface area contributed by atoms with E-state index in [4.69, 9.17) is 18.6 Å². The van der Waals surface area contributed by atoms with Crippen molar-refractivity contribution in [2.45, 2.75) is 91.1 Å². The molecule has 1 amide bonds. The maximum Gasteiger partial charge on any atom is 0.408 e. The first-order chi connectivity index (χ1) is 15.8. The molecule has 0 spiro atoms. The zero-order chi connectivity index (χ0) is 25.4. The standard InChI is InChI=1S/C25H37N3O6/c1-17(15-32-24(2,3)4)21-27-28-22(33-21)19(13-14-20(29)34-25(5,6)7)26-23(30)31-16-18-11-9-8-10-12-18/h8-12,17,19H,13-16H2,1-7H3,(H,26,30)/t17-,19-/m0/s1. The Hall–Kier alpha value is -2.94. The average molecular weight is 476 g/mol. The molecule has 9 nitrogen and oxygen atoms in total. The topological polar surface area (TPSA) is 113 Å². The highest BCUT2D eigenvalue weighted by atomic mass is 16.6. The molecule has 0 aliphatic rings. The quantitative estimate of drug-likeness (QED) is 0.474. The van der Waals surface area contributed by atoms with Crippen molar-refractivity contribution in [3.05, 3.63) is 47.7 Å². The highest BCUT2D eigenvalue weighted by molar-refractivity contribution is 5.70. The Kier molecular flexibility index (Phi) is 9.61. The maximum atomic E-state index is 12.5. The SMILES string of the molecule is C[C@@H](COC(C)(C)C)c1nnc([C@H](CCC(=O)OC(C)(C)C)NC(=O)OCc2ccccc2)o1. The van der Waals surface area contributed by atoms with Gasteiger partial charge in [0.1, 0.15) is 18.2 Å². The Balaban J connectivity index is 2.06. The van der Waals surface area contributed by atoms with Gasteiger partial charge in [-0.3, -0.25) is 4.79 Å². The van der Waals surface area contributed by atoms with Gasteiger partial charge >= 0.3 is 12.1 Å². The summed E-state index contributed by atoms with van der Waals surface area (Å²) in [6.07, 6.45) is -0.382. The number of hydrogen-bond donors (Lipinski definition) is 1. The van der Waals surface area contributed by atoms with E-state index in [0.29, 0.717) is 12.5 Å². The molecule has 0 saturated carbocycles. The molecule has 2 rings (SSSR count). The van der Waals surface area contributed by atoms with Crippen LogP contribution in [0.3, 0.4) is 0 Å². The molecule has 2 aromatic rings. The predicted molar refractivity (Wildman–Crippen MR) is 126 cm³/mol. The van der Waals surface area contributed by atoms with Gasteiger partial charge in [0.2, 0.25) is 11.8 Å². The van der Waals surface area contributed by atoms with E-state index in [1.807, 2.05) is 58.0 Å². The summed E-state index contributed by atoms with van der Waals surface area (Å²) in [6, 6.07) is 8.62. The number of carbonyl (C=O) groups excluding carboxylic acids is 2. The summed E-state index contributed by atoms with van der Waals surface area (Å²) >= 11 is 0. The van der Waals surface area contributed by atoms with Crippen molar-refractivity contribution in [1.29, 1.82) is 0 Å². The molecule has 9 heteroatoms. The summed E-state index contributed by atoms with van der Waals surface area (Å²) in [5.41, 5.74) is -0.0398. The summed E-state index contributed by atoms with van der Waals surface area (Å²) < 4.78 is 22.3. The van der Waals surface area contributed by atoms with Crippen LogP contribution < -0.4 is 5.32 Å². The fraction of sp³-hybridized carbons (Fsp3) is 0.600. The second-order valence-electron chi connectivity index (χ2n) is 10.2. The Morgan fingerprint density at radius 3 is 2.26 bits per heavy atom. The van der Waals surface area contributed by atoms with E-state index in [1.165, 1.54) is 0 Å². The van der Waals surface area contributed by atoms with Crippen molar-refractivity contribution in [2.24, 2.45) is 0 Å². The lowest BCUT2D eigenvalue weighted by molar-refractivity contribution is -0.155. The van der Waals surface area contributed by atoms with Gasteiger partial charge in [0.05, 0.1) is 18.1 Å². The van der Waals surface area contributed by atoms with Crippen molar-refractivity contribution in [3.8, 4) is 0 Å². The highest BCUT2D eigenvalue weighted by Gasteiger charge is 2.26. The van der Waals surface area contributed by atoms with Crippen LogP contribution in [0.15, 0.2) is 34.7 Å². The van der Waals surface area contributed by atoms with Crippen LogP contribution in [-0.4, -0.2) is 40.1 Å². The molecule has 0 aliphatic heterocycles. The van der Waals surface area contributed by atoms with Gasteiger partial charge in [-0.2, -0.15) is 0 Å². The van der Waals surface area contributed by atoms with Crippen molar-refractivity contribution in [2.75, 3.05) is 6.61 Å². The van der Waals surface area contributed by atoms with Crippen molar-refractivity contribution >= 4 is 12.1 Å². The van der Waals surface area contributed by atoms with Gasteiger partial charge in [-0.05, 0) is 53.5 Å². The van der Waals surface area contributed by atoms with Crippen LogP contribution in [-0.2, 0) is 25.6 Å². The lowest BCUT2D eigenvalue weighted by Crippen LogP contribution is -2.30. The number of hydrogen-bond acceptors (Lipinski definition) is 8. The van der Waals surface area contributed by atoms with E-state index in [9.17, 15) is 9.59 Å². The number of ether oxygens (including phenoxy) is 3. The molecule has 1 aromatic heterocycles. The molecule has 34 heavy (non-hydrogen) atoms. The summed E-state index contributed by atoms with van der Waals surface area (Å²) in [6.45, 7) is 13.7. The molecule has 0 fully saturated rings. The van der Waals surface area contributed by atoms with E-state index in [0.717, 1.165) is 5.56 Å². The normalized spacial score (nSPS) is 13.7. The first kappa shape index (κ1) is 27.3. The van der Waals surface area contributed by atoms with E-state index in [2.05, 4.69) is 15.5 Å². The van der Waals surface area contributed by atoms with Crippen molar-refractivity contribution in [1.82, 2.24) is 15.5 Å². The van der Waals surface area contributed by atoms with Gasteiger partial charge in [-0.15, -0.1) is 10.2 Å². The number of carbonyl (C=O) groups is 2. The highest BCUT2D eigenvalue weighted by Crippen LogP contribution is 2.23. The molecular weight excluding hydrogens is 438 g/mol. The maximum absolute atomic E-state index is 12.5. The minimum absolute atomic E-state index is 0.0568. The molecule has 1 aromatic carbocycles. The fourth-order valence-corrected chi connectivity index (χ4v) is 2.85. The number of nitrogens with zero attached hydrogens (tertiary/aromatic N) is 2. The van der Waals surface area contributed by atoms with Crippen molar-refractivity contribution in [3.63, 3.8) is 0 Å². The minimum Gasteiger partial charge on any atom is -0.460 e. The van der Waals surface area contributed by atoms with E-state index in [1.54, 1.807) is 20.8 Å². The Morgan fingerprint density at radius 2 is 1.65 bits per heavy atom. The number of rotatable bonds is 10. The van der Waals surface area contributed by atoms with Crippen LogP contribution in [0.4, 0.5) is 4.79 Å². The Morgan fingerprint density at radius 1 is 1.00 bits per heavy atom. The van der Waals surface area contributed by atoms with Crippen molar-refractivity contribution < 1.29 is 28.2 Å². The molecule has 0 radical (unpaired) electrons. The average Bonchev–Trinajstić information content (AvgIpc) is 3.22. The number of aromatic nitrogens is 2. The van der Waals surface area contributed by atoms with Gasteiger partial charge < -0.3 is 23.9 Å². The third-order valence-electron chi connectivity index (χ3n) is 4.50. The molecule has 1 N–H and O–H groups in total. The van der Waals surface area contributed by atoms with Crippen LogP contribution >= 0.6 is 0 Å². The van der Waals surface area contributed by atoms with E-state index >= 15 is 0 Å². The second-order valence-corrected chi connectivity index (χ2v) is 10.2. The third kappa shape index (κ3) is 10.3. The van der Waals surface area contributed by atoms with Crippen LogP contribution in [0.25, 0.3) is 0 Å². The molecule has 0 saturated heterocycles. The zero-order valence-electron chi connectivity index (χ0n) is 21.2. The van der Waals surface area contributed by atoms with Gasteiger partial charge in [-0.1, -0.05) is 37.3 Å². The first-order valence-electron chi connectivity index (χ1n) is 11.5. The lowest BCUT2D eigenvalue weighted by Gasteiger charge is -2.21. The number of esters is 1. The van der Waals surface area contributed by atoms with Gasteiger partial charge in [0.15, 0.2) is 0 Å². The molecule has 0 bridgehead atoms. The largest absolute Gasteiger partial charge is 0.460 e. The number of alkyl carbamates (subject to hydrolysis) is 1. The summed E-state index contributed by atoms with van der Waals surface area (Å²) in [4.78, 5) is 24.7. The van der Waals surface area contributed by atoms with Gasteiger partial charge in [0, 0.05) is 6.42 Å². The second kappa shape index (κ2) is 12.0. The van der Waals surface area contributed by atoms with Crippen LogP contribution in [0.2, 0.25) is 0 Å². The lowest BCUT2D eigenvalue weighted by atomic mass is 10.1.